The lowest BCUT2D eigenvalue weighted by Gasteiger charge is -2.32. The summed E-state index contributed by atoms with van der Waals surface area (Å²) in [5.74, 6) is 1.58. The third-order valence-corrected chi connectivity index (χ3v) is 9.86. The Hall–Kier alpha value is -1.78. The van der Waals surface area contributed by atoms with Crippen LogP contribution in [0.5, 0.6) is 0 Å². The summed E-state index contributed by atoms with van der Waals surface area (Å²) in [5.41, 5.74) is 0.673. The van der Waals surface area contributed by atoms with Crippen LogP contribution in [0.15, 0.2) is 20.2 Å². The number of amides is 1. The van der Waals surface area contributed by atoms with E-state index >= 15 is 0 Å². The number of rotatable bonds is 5. The fourth-order valence-electron chi connectivity index (χ4n) is 4.41. The summed E-state index contributed by atoms with van der Waals surface area (Å²) in [4.78, 5) is 19.0. The van der Waals surface area contributed by atoms with Crippen molar-refractivity contribution in [2.24, 2.45) is 5.92 Å². The van der Waals surface area contributed by atoms with Gasteiger partial charge in [0.25, 0.3) is 10.0 Å². The molecule has 8 nitrogen and oxygen atoms in total. The molecule has 10 heteroatoms. The van der Waals surface area contributed by atoms with Gasteiger partial charge in [0, 0.05) is 49.0 Å². The second-order valence-corrected chi connectivity index (χ2v) is 11.5. The van der Waals surface area contributed by atoms with Gasteiger partial charge in [-0.15, -0.1) is 11.3 Å². The monoisotopic (exact) mass is 450 g/mol. The molecule has 0 bridgehead atoms. The number of likely N-dealkylation sites (tertiary alicyclic amines) is 1. The van der Waals surface area contributed by atoms with E-state index in [1.54, 1.807) is 11.4 Å². The van der Waals surface area contributed by atoms with Crippen molar-refractivity contribution < 1.29 is 17.7 Å². The van der Waals surface area contributed by atoms with Crippen LogP contribution < -0.4 is 0 Å². The van der Waals surface area contributed by atoms with Crippen molar-refractivity contribution in [3.05, 3.63) is 17.3 Å². The van der Waals surface area contributed by atoms with E-state index in [0.717, 1.165) is 38.8 Å². The van der Waals surface area contributed by atoms with Gasteiger partial charge in [0.15, 0.2) is 0 Å². The number of sulfonamides is 1. The molecule has 162 valence electrons. The fourth-order valence-corrected chi connectivity index (χ4v) is 7.19. The lowest BCUT2D eigenvalue weighted by Crippen LogP contribution is -2.43. The highest BCUT2D eigenvalue weighted by atomic mass is 32.2. The Morgan fingerprint density at radius 3 is 2.47 bits per heavy atom. The minimum Gasteiger partial charge on any atom is -0.342 e. The first-order valence-electron chi connectivity index (χ1n) is 10.7. The lowest BCUT2D eigenvalue weighted by atomic mass is 9.85. The molecule has 2 saturated heterocycles. The van der Waals surface area contributed by atoms with Gasteiger partial charge >= 0.3 is 0 Å². The first kappa shape index (κ1) is 20.1. The average molecular weight is 451 g/mol. The predicted octanol–water partition coefficient (Wildman–Crippen LogP) is 3.09. The molecule has 0 aromatic carbocycles. The predicted molar refractivity (Wildman–Crippen MR) is 111 cm³/mol. The average Bonchev–Trinajstić information content (AvgIpc) is 3.47. The summed E-state index contributed by atoms with van der Waals surface area (Å²) in [6.07, 6.45) is 6.64. The van der Waals surface area contributed by atoms with Gasteiger partial charge < -0.3 is 9.42 Å². The van der Waals surface area contributed by atoms with Gasteiger partial charge in [0.05, 0.1) is 0 Å². The Morgan fingerprint density at radius 2 is 1.80 bits per heavy atom. The van der Waals surface area contributed by atoms with Crippen molar-refractivity contribution >= 4 is 27.3 Å². The zero-order valence-electron chi connectivity index (χ0n) is 16.8. The fraction of sp³-hybridized carbons (Fsp3) is 0.650. The highest BCUT2D eigenvalue weighted by Gasteiger charge is 2.35. The molecular formula is C20H26N4O4S2. The van der Waals surface area contributed by atoms with Crippen LogP contribution in [0.3, 0.4) is 0 Å². The Labute approximate surface area is 180 Å². The number of thiophene rings is 1. The van der Waals surface area contributed by atoms with Crippen LogP contribution in [0.4, 0.5) is 0 Å². The normalized spacial score (nSPS) is 21.8. The SMILES string of the molecule is O=C(C1CCN(S(=O)(=O)c2cc(-c3noc(C4CCC4)n3)cs2)CC1)N1CCCC1. The number of hydrogen-bond donors (Lipinski definition) is 0. The van der Waals surface area contributed by atoms with E-state index in [1.165, 1.54) is 22.1 Å². The van der Waals surface area contributed by atoms with Gasteiger partial charge in [-0.25, -0.2) is 8.42 Å². The quantitative estimate of drug-likeness (QED) is 0.694. The summed E-state index contributed by atoms with van der Waals surface area (Å²) < 4.78 is 33.4. The van der Waals surface area contributed by atoms with Crippen molar-refractivity contribution in [3.8, 4) is 11.4 Å². The van der Waals surface area contributed by atoms with E-state index in [-0.39, 0.29) is 16.0 Å². The third-order valence-electron chi connectivity index (χ3n) is 6.54. The minimum atomic E-state index is -3.58. The molecule has 30 heavy (non-hydrogen) atoms. The largest absolute Gasteiger partial charge is 0.342 e. The molecule has 1 aliphatic carbocycles. The Balaban J connectivity index is 1.24. The molecule has 0 N–H and O–H groups in total. The summed E-state index contributed by atoms with van der Waals surface area (Å²) in [5, 5.41) is 5.80. The molecule has 3 fully saturated rings. The first-order chi connectivity index (χ1) is 14.5. The summed E-state index contributed by atoms with van der Waals surface area (Å²) in [6, 6.07) is 1.64. The molecule has 2 aromatic heterocycles. The Morgan fingerprint density at radius 1 is 1.07 bits per heavy atom. The topological polar surface area (TPSA) is 96.6 Å². The first-order valence-corrected chi connectivity index (χ1v) is 13.1. The Bertz CT molecular complexity index is 1010. The van der Waals surface area contributed by atoms with Gasteiger partial charge in [-0.2, -0.15) is 9.29 Å². The zero-order chi connectivity index (χ0) is 20.7. The number of carbonyl (C=O) groups excluding carboxylic acids is 1. The number of aromatic nitrogens is 2. The van der Waals surface area contributed by atoms with Gasteiger partial charge in [0.2, 0.25) is 17.6 Å². The summed E-state index contributed by atoms with van der Waals surface area (Å²) in [7, 11) is -3.58. The second-order valence-electron chi connectivity index (χ2n) is 8.45. The third kappa shape index (κ3) is 3.69. The molecule has 0 atom stereocenters. The van der Waals surface area contributed by atoms with Crippen molar-refractivity contribution in [2.45, 2.75) is 55.1 Å². The van der Waals surface area contributed by atoms with E-state index in [0.29, 0.717) is 49.1 Å². The molecule has 3 aliphatic rings. The van der Waals surface area contributed by atoms with E-state index in [4.69, 9.17) is 4.52 Å². The maximum absolute atomic E-state index is 13.1. The number of carbonyl (C=O) groups is 1. The molecule has 1 saturated carbocycles. The van der Waals surface area contributed by atoms with Crippen LogP contribution in [0.1, 0.15) is 56.8 Å². The van der Waals surface area contributed by atoms with Crippen LogP contribution in [-0.2, 0) is 14.8 Å². The highest BCUT2D eigenvalue weighted by molar-refractivity contribution is 7.91. The maximum Gasteiger partial charge on any atom is 0.252 e. The molecule has 4 heterocycles. The van der Waals surface area contributed by atoms with Crippen molar-refractivity contribution in [2.75, 3.05) is 26.2 Å². The maximum atomic E-state index is 13.1. The standard InChI is InChI=1S/C20H26N4O4S2/c25-20(23-8-1-2-9-23)15-6-10-24(11-7-15)30(26,27)17-12-16(13-29-17)18-21-19(28-22-18)14-4-3-5-14/h12-15H,1-11H2. The second kappa shape index (κ2) is 8.05. The summed E-state index contributed by atoms with van der Waals surface area (Å²) >= 11 is 1.18. The van der Waals surface area contributed by atoms with E-state index < -0.39 is 10.0 Å². The molecule has 0 spiro atoms. The van der Waals surface area contributed by atoms with Crippen LogP contribution in [0, 0.1) is 5.92 Å². The zero-order valence-corrected chi connectivity index (χ0v) is 18.5. The van der Waals surface area contributed by atoms with Crippen LogP contribution in [0.25, 0.3) is 11.4 Å². The van der Waals surface area contributed by atoms with Crippen LogP contribution in [0.2, 0.25) is 0 Å². The molecule has 1 amide bonds. The molecule has 2 aliphatic heterocycles. The van der Waals surface area contributed by atoms with E-state index in [2.05, 4.69) is 10.1 Å². The number of hydrogen-bond acceptors (Lipinski definition) is 7. The summed E-state index contributed by atoms with van der Waals surface area (Å²) in [6.45, 7) is 2.45. The highest BCUT2D eigenvalue weighted by Crippen LogP contribution is 2.37. The van der Waals surface area contributed by atoms with Gasteiger partial charge in [-0.05, 0) is 44.6 Å². The van der Waals surface area contributed by atoms with Crippen molar-refractivity contribution in [3.63, 3.8) is 0 Å². The Kier molecular flexibility index (Phi) is 5.40. The molecule has 2 aromatic rings. The van der Waals surface area contributed by atoms with Gasteiger partial charge in [0.1, 0.15) is 4.21 Å². The van der Waals surface area contributed by atoms with E-state index in [1.807, 2.05) is 4.90 Å². The lowest BCUT2D eigenvalue weighted by molar-refractivity contribution is -0.135. The van der Waals surface area contributed by atoms with E-state index in [9.17, 15) is 13.2 Å². The van der Waals surface area contributed by atoms with Crippen molar-refractivity contribution in [1.29, 1.82) is 0 Å². The molecule has 5 rings (SSSR count). The molecule has 0 radical (unpaired) electrons. The number of nitrogens with zero attached hydrogens (tertiary/aromatic N) is 4. The minimum absolute atomic E-state index is 0.0577. The molecular weight excluding hydrogens is 424 g/mol. The smallest absolute Gasteiger partial charge is 0.252 e. The van der Waals surface area contributed by atoms with Gasteiger partial charge in [-0.3, -0.25) is 4.79 Å². The van der Waals surface area contributed by atoms with Crippen LogP contribution >= 0.6 is 11.3 Å². The van der Waals surface area contributed by atoms with Gasteiger partial charge in [-0.1, -0.05) is 11.6 Å². The van der Waals surface area contributed by atoms with Crippen molar-refractivity contribution in [1.82, 2.24) is 19.3 Å². The molecule has 0 unspecified atom stereocenters. The van der Waals surface area contributed by atoms with Crippen LogP contribution in [-0.4, -0.2) is 59.8 Å². The number of piperidine rings is 1.